The first kappa shape index (κ1) is 29.2. The van der Waals surface area contributed by atoms with Crippen molar-refractivity contribution in [2.24, 2.45) is 0 Å². The van der Waals surface area contributed by atoms with E-state index in [2.05, 4.69) is 31.8 Å². The number of unbranched alkanes of at least 4 members (excludes halogenated alkanes) is 14. The third-order valence-electron chi connectivity index (χ3n) is 6.22. The van der Waals surface area contributed by atoms with Gasteiger partial charge in [0.05, 0.1) is 19.6 Å². The molecule has 0 aromatic carbocycles. The highest BCUT2D eigenvalue weighted by Crippen LogP contribution is 2.13. The summed E-state index contributed by atoms with van der Waals surface area (Å²) in [6.45, 7) is 9.48. The first-order valence-corrected chi connectivity index (χ1v) is 13.7. The third kappa shape index (κ3) is 22.7. The predicted molar refractivity (Wildman–Crippen MR) is 133 cm³/mol. The summed E-state index contributed by atoms with van der Waals surface area (Å²) in [4.78, 5) is 1.76. The molecule has 0 aliphatic heterocycles. The molecule has 0 amide bonds. The maximum absolute atomic E-state index is 9.92. The van der Waals surface area contributed by atoms with Gasteiger partial charge in [-0.25, -0.2) is 0 Å². The third-order valence-corrected chi connectivity index (χ3v) is 6.54. The summed E-state index contributed by atoms with van der Waals surface area (Å²) in [5.74, 6) is 0.973. The standard InChI is InChI=1S/C25H54N2OS/c1-3-27(4-2)23-19-15-13-11-9-7-5-6-8-10-12-14-17-21-25(28)26-22-18-16-20-24-29/h25-26,28-29H,3-24H2,1-2H3/p+1. The lowest BCUT2D eigenvalue weighted by Crippen LogP contribution is -3.11. The zero-order valence-electron chi connectivity index (χ0n) is 20.0. The zero-order valence-corrected chi connectivity index (χ0v) is 20.9. The molecule has 0 aliphatic carbocycles. The molecule has 1 unspecified atom stereocenters. The van der Waals surface area contributed by atoms with Crippen LogP contribution in [0.15, 0.2) is 0 Å². The Hall–Kier alpha value is 0.230. The number of aliphatic hydroxyl groups is 1. The second-order valence-electron chi connectivity index (χ2n) is 8.85. The molecule has 0 heterocycles. The minimum atomic E-state index is -0.301. The largest absolute Gasteiger partial charge is 0.379 e. The summed E-state index contributed by atoms with van der Waals surface area (Å²) in [5.41, 5.74) is 0. The predicted octanol–water partition coefficient (Wildman–Crippen LogP) is 5.38. The van der Waals surface area contributed by atoms with Crippen molar-refractivity contribution in [1.29, 1.82) is 0 Å². The van der Waals surface area contributed by atoms with Gasteiger partial charge in [-0.05, 0) is 64.7 Å². The molecule has 1 atom stereocenters. The Morgan fingerprint density at radius 2 is 1.10 bits per heavy atom. The molecule has 0 saturated heterocycles. The Morgan fingerprint density at radius 3 is 1.59 bits per heavy atom. The van der Waals surface area contributed by atoms with E-state index in [1.165, 1.54) is 110 Å². The van der Waals surface area contributed by atoms with Gasteiger partial charge in [0.25, 0.3) is 0 Å². The van der Waals surface area contributed by atoms with Crippen molar-refractivity contribution in [3.05, 3.63) is 0 Å². The van der Waals surface area contributed by atoms with Gasteiger partial charge in [0.1, 0.15) is 6.23 Å². The van der Waals surface area contributed by atoms with Gasteiger partial charge in [-0.3, -0.25) is 5.32 Å². The second-order valence-corrected chi connectivity index (χ2v) is 9.29. The Labute approximate surface area is 189 Å². The number of rotatable bonds is 24. The molecule has 176 valence electrons. The first-order valence-electron chi connectivity index (χ1n) is 13.1. The van der Waals surface area contributed by atoms with E-state index in [1.54, 1.807) is 4.90 Å². The Bertz CT molecular complexity index is 301. The molecule has 3 N–H and O–H groups in total. The lowest BCUT2D eigenvalue weighted by Gasteiger charge is -2.14. The van der Waals surface area contributed by atoms with E-state index >= 15 is 0 Å². The van der Waals surface area contributed by atoms with Gasteiger partial charge < -0.3 is 10.0 Å². The van der Waals surface area contributed by atoms with Gasteiger partial charge in [0.2, 0.25) is 0 Å². The normalized spacial score (nSPS) is 12.7. The maximum atomic E-state index is 9.92. The molecule has 3 nitrogen and oxygen atoms in total. The van der Waals surface area contributed by atoms with Gasteiger partial charge >= 0.3 is 0 Å². The van der Waals surface area contributed by atoms with Crippen molar-refractivity contribution < 1.29 is 10.0 Å². The summed E-state index contributed by atoms with van der Waals surface area (Å²) >= 11 is 4.22. The molecule has 0 aromatic rings. The smallest absolute Gasteiger partial charge is 0.104 e. The van der Waals surface area contributed by atoms with E-state index in [0.29, 0.717) is 0 Å². The summed E-state index contributed by atoms with van der Waals surface area (Å²) in [6.07, 6.45) is 22.1. The molecule has 0 fully saturated rings. The fraction of sp³-hybridized carbons (Fsp3) is 1.00. The Balaban J connectivity index is 3.15. The van der Waals surface area contributed by atoms with Crippen LogP contribution in [-0.2, 0) is 0 Å². The zero-order chi connectivity index (χ0) is 21.4. The monoisotopic (exact) mass is 431 g/mol. The van der Waals surface area contributed by atoms with Gasteiger partial charge in [0.15, 0.2) is 0 Å². The van der Waals surface area contributed by atoms with E-state index in [-0.39, 0.29) is 6.23 Å². The van der Waals surface area contributed by atoms with Crippen molar-refractivity contribution in [3.8, 4) is 0 Å². The van der Waals surface area contributed by atoms with Crippen LogP contribution in [-0.4, -0.2) is 43.3 Å². The van der Waals surface area contributed by atoms with E-state index in [4.69, 9.17) is 0 Å². The minimum Gasteiger partial charge on any atom is -0.379 e. The maximum Gasteiger partial charge on any atom is 0.104 e. The molecule has 0 radical (unpaired) electrons. The van der Waals surface area contributed by atoms with Crippen LogP contribution < -0.4 is 10.2 Å². The van der Waals surface area contributed by atoms with Gasteiger partial charge in [-0.1, -0.05) is 70.6 Å². The highest BCUT2D eigenvalue weighted by molar-refractivity contribution is 7.80. The Morgan fingerprint density at radius 1 is 0.655 bits per heavy atom. The van der Waals surface area contributed by atoms with Crippen molar-refractivity contribution >= 4 is 12.6 Å². The van der Waals surface area contributed by atoms with Crippen molar-refractivity contribution in [1.82, 2.24) is 5.32 Å². The first-order chi connectivity index (χ1) is 14.2. The molecule has 0 bridgehead atoms. The van der Waals surface area contributed by atoms with Crippen LogP contribution in [0.1, 0.15) is 123 Å². The molecule has 0 saturated carbocycles. The average molecular weight is 432 g/mol. The molecule has 0 aliphatic rings. The van der Waals surface area contributed by atoms with Crippen LogP contribution in [0.5, 0.6) is 0 Å². The summed E-state index contributed by atoms with van der Waals surface area (Å²) in [6, 6.07) is 0. The van der Waals surface area contributed by atoms with E-state index in [1.807, 2.05) is 0 Å². The van der Waals surface area contributed by atoms with Gasteiger partial charge in [-0.2, -0.15) is 12.6 Å². The number of thiol groups is 1. The van der Waals surface area contributed by atoms with Crippen molar-refractivity contribution in [2.75, 3.05) is 31.9 Å². The van der Waals surface area contributed by atoms with Crippen LogP contribution in [0.2, 0.25) is 0 Å². The number of quaternary nitrogens is 1. The number of hydrogen-bond acceptors (Lipinski definition) is 3. The van der Waals surface area contributed by atoms with E-state index in [0.717, 1.165) is 31.6 Å². The molecule has 0 aromatic heterocycles. The molecule has 29 heavy (non-hydrogen) atoms. The molecule has 0 spiro atoms. The van der Waals surface area contributed by atoms with E-state index in [9.17, 15) is 5.11 Å². The lowest BCUT2D eigenvalue weighted by atomic mass is 10.0. The van der Waals surface area contributed by atoms with Gasteiger partial charge in [-0.15, -0.1) is 0 Å². The summed E-state index contributed by atoms with van der Waals surface area (Å²) < 4.78 is 0. The fourth-order valence-electron chi connectivity index (χ4n) is 4.05. The molecular weight excluding hydrogens is 376 g/mol. The summed E-state index contributed by atoms with van der Waals surface area (Å²) in [5, 5.41) is 13.1. The number of aliphatic hydroxyl groups excluding tert-OH is 1. The highest BCUT2D eigenvalue weighted by Gasteiger charge is 2.03. The van der Waals surface area contributed by atoms with E-state index < -0.39 is 0 Å². The SMILES string of the molecule is CC[NH+](CC)CCCCCCCCCCCCCCCC(O)NCCCCCS. The fourth-order valence-corrected chi connectivity index (χ4v) is 4.27. The number of nitrogens with one attached hydrogen (secondary N) is 2. The van der Waals surface area contributed by atoms with Gasteiger partial charge in [0, 0.05) is 0 Å². The average Bonchev–Trinajstić information content (AvgIpc) is 2.73. The lowest BCUT2D eigenvalue weighted by molar-refractivity contribution is -0.896. The summed E-state index contributed by atoms with van der Waals surface area (Å²) in [7, 11) is 0. The van der Waals surface area contributed by atoms with Crippen molar-refractivity contribution in [3.63, 3.8) is 0 Å². The molecular formula is C25H55N2OS+. The van der Waals surface area contributed by atoms with Crippen LogP contribution in [0.25, 0.3) is 0 Å². The quantitative estimate of drug-likeness (QED) is 0.0940. The van der Waals surface area contributed by atoms with Crippen LogP contribution in [0, 0.1) is 0 Å². The highest BCUT2D eigenvalue weighted by atomic mass is 32.1. The Kier molecular flexibility index (Phi) is 24.7. The van der Waals surface area contributed by atoms with Crippen LogP contribution in [0.3, 0.4) is 0 Å². The molecule has 0 rings (SSSR count). The van der Waals surface area contributed by atoms with Crippen molar-refractivity contribution in [2.45, 2.75) is 129 Å². The second kappa shape index (κ2) is 24.5. The molecule has 4 heteroatoms. The minimum absolute atomic E-state index is 0.301. The van der Waals surface area contributed by atoms with Crippen LogP contribution >= 0.6 is 12.6 Å². The number of hydrogen-bond donors (Lipinski definition) is 4. The topological polar surface area (TPSA) is 36.7 Å². The van der Waals surface area contributed by atoms with Crippen LogP contribution in [0.4, 0.5) is 0 Å².